The van der Waals surface area contributed by atoms with Crippen LogP contribution in [0.25, 0.3) is 0 Å². The van der Waals surface area contributed by atoms with Crippen LogP contribution in [0.3, 0.4) is 0 Å². The normalized spacial score (nSPS) is 29.9. The van der Waals surface area contributed by atoms with Gasteiger partial charge in [-0.2, -0.15) is 0 Å². The SMILES string of the molecule is Clc1cccc(C2CNCCC2C2CCC2)c1. The topological polar surface area (TPSA) is 12.0 Å². The fraction of sp³-hybridized carbons (Fsp3) is 0.600. The zero-order valence-electron chi connectivity index (χ0n) is 10.2. The smallest absolute Gasteiger partial charge is 0.0408 e. The number of hydrogen-bond acceptors (Lipinski definition) is 1. The van der Waals surface area contributed by atoms with Gasteiger partial charge in [0.05, 0.1) is 0 Å². The van der Waals surface area contributed by atoms with Crippen molar-refractivity contribution in [2.24, 2.45) is 11.8 Å². The van der Waals surface area contributed by atoms with Gasteiger partial charge < -0.3 is 5.32 Å². The van der Waals surface area contributed by atoms with Crippen LogP contribution >= 0.6 is 11.6 Å². The molecule has 1 aromatic rings. The van der Waals surface area contributed by atoms with Crippen molar-refractivity contribution in [1.82, 2.24) is 5.32 Å². The molecule has 0 radical (unpaired) electrons. The summed E-state index contributed by atoms with van der Waals surface area (Å²) in [5, 5.41) is 4.42. The molecule has 2 atom stereocenters. The zero-order valence-corrected chi connectivity index (χ0v) is 10.9. The Morgan fingerprint density at radius 3 is 2.76 bits per heavy atom. The van der Waals surface area contributed by atoms with E-state index < -0.39 is 0 Å². The summed E-state index contributed by atoms with van der Waals surface area (Å²) >= 11 is 6.12. The monoisotopic (exact) mass is 249 g/mol. The number of benzene rings is 1. The van der Waals surface area contributed by atoms with E-state index in [1.165, 1.54) is 37.8 Å². The summed E-state index contributed by atoms with van der Waals surface area (Å²) in [4.78, 5) is 0. The lowest BCUT2D eigenvalue weighted by molar-refractivity contribution is 0.146. The minimum Gasteiger partial charge on any atom is -0.316 e. The summed E-state index contributed by atoms with van der Waals surface area (Å²) in [5.41, 5.74) is 1.43. The van der Waals surface area contributed by atoms with E-state index in [9.17, 15) is 0 Å². The van der Waals surface area contributed by atoms with Crippen LogP contribution in [0, 0.1) is 11.8 Å². The van der Waals surface area contributed by atoms with Crippen LogP contribution in [0.1, 0.15) is 37.2 Å². The first kappa shape index (κ1) is 11.6. The molecule has 2 unspecified atom stereocenters. The standard InChI is InChI=1S/C15H20ClN/c16-13-6-2-5-12(9-13)15-10-17-8-7-14(15)11-3-1-4-11/h2,5-6,9,11,14-15,17H,1,3-4,7-8,10H2. The Labute approximate surface area is 109 Å². The van der Waals surface area contributed by atoms with Crippen LogP contribution in [-0.4, -0.2) is 13.1 Å². The predicted octanol–water partition coefficient (Wildman–Crippen LogP) is 3.83. The highest BCUT2D eigenvalue weighted by Gasteiger charge is 2.35. The van der Waals surface area contributed by atoms with Crippen molar-refractivity contribution in [3.63, 3.8) is 0 Å². The molecule has 3 rings (SSSR count). The van der Waals surface area contributed by atoms with Crippen LogP contribution in [0.4, 0.5) is 0 Å². The van der Waals surface area contributed by atoms with E-state index in [0.717, 1.165) is 23.4 Å². The van der Waals surface area contributed by atoms with Crippen molar-refractivity contribution in [3.05, 3.63) is 34.9 Å². The fourth-order valence-electron chi connectivity index (χ4n) is 3.41. The van der Waals surface area contributed by atoms with Crippen LogP contribution < -0.4 is 5.32 Å². The van der Waals surface area contributed by atoms with E-state index in [4.69, 9.17) is 11.6 Å². The molecule has 1 aliphatic carbocycles. The molecule has 1 nitrogen and oxygen atoms in total. The first-order chi connectivity index (χ1) is 8.34. The van der Waals surface area contributed by atoms with Crippen molar-refractivity contribution in [1.29, 1.82) is 0 Å². The Bertz CT molecular complexity index is 386. The average molecular weight is 250 g/mol. The zero-order chi connectivity index (χ0) is 11.7. The Morgan fingerprint density at radius 1 is 1.18 bits per heavy atom. The molecule has 2 fully saturated rings. The second-order valence-corrected chi connectivity index (χ2v) is 5.95. The van der Waals surface area contributed by atoms with Gasteiger partial charge in [0.2, 0.25) is 0 Å². The van der Waals surface area contributed by atoms with Gasteiger partial charge in [0.15, 0.2) is 0 Å². The number of piperidine rings is 1. The first-order valence-corrected chi connectivity index (χ1v) is 7.18. The highest BCUT2D eigenvalue weighted by molar-refractivity contribution is 6.30. The molecule has 0 amide bonds. The van der Waals surface area contributed by atoms with E-state index in [1.807, 2.05) is 6.07 Å². The Morgan fingerprint density at radius 2 is 2.06 bits per heavy atom. The molecule has 1 saturated carbocycles. The highest BCUT2D eigenvalue weighted by Crippen LogP contribution is 2.43. The average Bonchev–Trinajstić information content (AvgIpc) is 2.27. The summed E-state index contributed by atoms with van der Waals surface area (Å²) < 4.78 is 0. The lowest BCUT2D eigenvalue weighted by atomic mass is 9.66. The second kappa shape index (κ2) is 4.99. The number of halogens is 1. The van der Waals surface area contributed by atoms with Crippen LogP contribution in [0.5, 0.6) is 0 Å². The van der Waals surface area contributed by atoms with Gasteiger partial charge in [-0.3, -0.25) is 0 Å². The molecule has 92 valence electrons. The highest BCUT2D eigenvalue weighted by atomic mass is 35.5. The molecular formula is C15H20ClN. The van der Waals surface area contributed by atoms with Crippen LogP contribution in [0.15, 0.2) is 24.3 Å². The number of rotatable bonds is 2. The summed E-state index contributed by atoms with van der Waals surface area (Å²) in [6.45, 7) is 2.32. The van der Waals surface area contributed by atoms with E-state index in [-0.39, 0.29) is 0 Å². The molecule has 1 N–H and O–H groups in total. The van der Waals surface area contributed by atoms with Gasteiger partial charge >= 0.3 is 0 Å². The lowest BCUT2D eigenvalue weighted by Crippen LogP contribution is -2.40. The van der Waals surface area contributed by atoms with Crippen molar-refractivity contribution in [2.45, 2.75) is 31.6 Å². The van der Waals surface area contributed by atoms with Gasteiger partial charge in [0, 0.05) is 11.6 Å². The largest absolute Gasteiger partial charge is 0.316 e. The maximum atomic E-state index is 6.12. The Kier molecular flexibility index (Phi) is 3.39. The minimum absolute atomic E-state index is 0.674. The summed E-state index contributed by atoms with van der Waals surface area (Å²) in [5.74, 6) is 2.53. The van der Waals surface area contributed by atoms with E-state index in [0.29, 0.717) is 5.92 Å². The third kappa shape index (κ3) is 2.36. The molecule has 1 saturated heterocycles. The van der Waals surface area contributed by atoms with Gasteiger partial charge in [-0.05, 0) is 48.4 Å². The molecule has 0 spiro atoms. The van der Waals surface area contributed by atoms with Crippen molar-refractivity contribution in [3.8, 4) is 0 Å². The molecule has 1 aliphatic heterocycles. The molecule has 1 heterocycles. The van der Waals surface area contributed by atoms with Gasteiger partial charge in [0.25, 0.3) is 0 Å². The van der Waals surface area contributed by atoms with Crippen LogP contribution in [0.2, 0.25) is 5.02 Å². The van der Waals surface area contributed by atoms with E-state index in [1.54, 1.807) is 0 Å². The number of hydrogen-bond donors (Lipinski definition) is 1. The van der Waals surface area contributed by atoms with Crippen molar-refractivity contribution < 1.29 is 0 Å². The molecule has 17 heavy (non-hydrogen) atoms. The maximum absolute atomic E-state index is 6.12. The minimum atomic E-state index is 0.674. The van der Waals surface area contributed by atoms with Crippen LogP contribution in [-0.2, 0) is 0 Å². The fourth-order valence-corrected chi connectivity index (χ4v) is 3.61. The third-order valence-corrected chi connectivity index (χ3v) is 4.80. The molecule has 0 aromatic heterocycles. The van der Waals surface area contributed by atoms with E-state index >= 15 is 0 Å². The van der Waals surface area contributed by atoms with Crippen molar-refractivity contribution in [2.75, 3.05) is 13.1 Å². The van der Waals surface area contributed by atoms with Gasteiger partial charge in [0.1, 0.15) is 0 Å². The Balaban J connectivity index is 1.82. The van der Waals surface area contributed by atoms with Gasteiger partial charge in [-0.1, -0.05) is 43.0 Å². The Hall–Kier alpha value is -0.530. The second-order valence-electron chi connectivity index (χ2n) is 5.51. The van der Waals surface area contributed by atoms with E-state index in [2.05, 4.69) is 23.5 Å². The summed E-state index contributed by atoms with van der Waals surface area (Å²) in [6.07, 6.45) is 5.67. The third-order valence-electron chi connectivity index (χ3n) is 4.57. The predicted molar refractivity (Wildman–Crippen MR) is 72.5 cm³/mol. The molecular weight excluding hydrogens is 230 g/mol. The summed E-state index contributed by atoms with van der Waals surface area (Å²) in [7, 11) is 0. The van der Waals surface area contributed by atoms with Gasteiger partial charge in [-0.25, -0.2) is 0 Å². The lowest BCUT2D eigenvalue weighted by Gasteiger charge is -2.42. The molecule has 1 aromatic carbocycles. The molecule has 2 aliphatic rings. The molecule has 0 bridgehead atoms. The van der Waals surface area contributed by atoms with Gasteiger partial charge in [-0.15, -0.1) is 0 Å². The first-order valence-electron chi connectivity index (χ1n) is 6.81. The summed E-state index contributed by atoms with van der Waals surface area (Å²) in [6, 6.07) is 8.46. The maximum Gasteiger partial charge on any atom is 0.0408 e. The number of nitrogens with one attached hydrogen (secondary N) is 1. The van der Waals surface area contributed by atoms with Crippen molar-refractivity contribution >= 4 is 11.6 Å². The molecule has 2 heteroatoms. The quantitative estimate of drug-likeness (QED) is 0.840.